The Labute approximate surface area is 175 Å². The SMILES string of the molecule is Cc1cccc(C)c1-n1ncc(-c2nnnn2Cc2ccc(C#N)cc2)c1I. The molecule has 0 saturated heterocycles. The van der Waals surface area contributed by atoms with Gasteiger partial charge in [0.15, 0.2) is 5.82 Å². The van der Waals surface area contributed by atoms with Gasteiger partial charge in [-0.15, -0.1) is 5.10 Å². The number of aryl methyl sites for hydroxylation is 2. The van der Waals surface area contributed by atoms with E-state index < -0.39 is 0 Å². The van der Waals surface area contributed by atoms with Gasteiger partial charge in [0.05, 0.1) is 35.6 Å². The first-order valence-electron chi connectivity index (χ1n) is 8.64. The smallest absolute Gasteiger partial charge is 0.186 e. The van der Waals surface area contributed by atoms with Crippen molar-refractivity contribution in [1.82, 2.24) is 30.0 Å². The molecule has 0 saturated carbocycles. The molecule has 28 heavy (non-hydrogen) atoms. The molecule has 0 fully saturated rings. The van der Waals surface area contributed by atoms with Crippen LogP contribution in [0.25, 0.3) is 17.1 Å². The first-order chi connectivity index (χ1) is 13.6. The summed E-state index contributed by atoms with van der Waals surface area (Å²) in [6.45, 7) is 4.67. The van der Waals surface area contributed by atoms with E-state index in [2.05, 4.69) is 75.3 Å². The average Bonchev–Trinajstić information content (AvgIpc) is 3.29. The lowest BCUT2D eigenvalue weighted by molar-refractivity contribution is 0.653. The Kier molecular flexibility index (Phi) is 4.92. The highest BCUT2D eigenvalue weighted by Crippen LogP contribution is 2.28. The van der Waals surface area contributed by atoms with Gasteiger partial charge in [-0.25, -0.2) is 9.36 Å². The summed E-state index contributed by atoms with van der Waals surface area (Å²) in [5.41, 5.74) is 5.91. The number of nitriles is 1. The molecule has 0 radical (unpaired) electrons. The second-order valence-corrected chi connectivity index (χ2v) is 7.49. The Hall–Kier alpha value is -3.06. The highest BCUT2D eigenvalue weighted by Gasteiger charge is 2.19. The predicted octanol–water partition coefficient (Wildman–Crippen LogP) is 3.67. The van der Waals surface area contributed by atoms with Crippen LogP contribution < -0.4 is 0 Å². The summed E-state index contributed by atoms with van der Waals surface area (Å²) in [6.07, 6.45) is 1.80. The number of aromatic nitrogens is 6. The lowest BCUT2D eigenvalue weighted by atomic mass is 10.1. The second kappa shape index (κ2) is 7.52. The number of hydrogen-bond donors (Lipinski definition) is 0. The summed E-state index contributed by atoms with van der Waals surface area (Å²) in [4.78, 5) is 0. The van der Waals surface area contributed by atoms with E-state index in [1.807, 2.05) is 22.9 Å². The average molecular weight is 481 g/mol. The third-order valence-electron chi connectivity index (χ3n) is 4.55. The fourth-order valence-corrected chi connectivity index (χ4v) is 3.89. The molecule has 0 aliphatic rings. The summed E-state index contributed by atoms with van der Waals surface area (Å²) < 4.78 is 4.63. The summed E-state index contributed by atoms with van der Waals surface area (Å²) >= 11 is 2.29. The molecule has 0 spiro atoms. The quantitative estimate of drug-likeness (QED) is 0.416. The first-order valence-corrected chi connectivity index (χ1v) is 9.72. The van der Waals surface area contributed by atoms with Gasteiger partial charge in [0, 0.05) is 0 Å². The molecule has 0 unspecified atom stereocenters. The number of hydrogen-bond acceptors (Lipinski definition) is 5. The largest absolute Gasteiger partial charge is 0.226 e. The van der Waals surface area contributed by atoms with Gasteiger partial charge >= 0.3 is 0 Å². The van der Waals surface area contributed by atoms with Crippen molar-refractivity contribution >= 4 is 22.6 Å². The molecule has 0 aliphatic carbocycles. The van der Waals surface area contributed by atoms with Crippen molar-refractivity contribution in [3.8, 4) is 23.1 Å². The summed E-state index contributed by atoms with van der Waals surface area (Å²) in [5.74, 6) is 0.659. The Morgan fingerprint density at radius 1 is 1.07 bits per heavy atom. The monoisotopic (exact) mass is 481 g/mol. The molecule has 0 bridgehead atoms. The van der Waals surface area contributed by atoms with E-state index in [0.717, 1.165) is 31.6 Å². The zero-order valence-electron chi connectivity index (χ0n) is 15.3. The molecular formula is C20H16IN7. The molecule has 4 aromatic rings. The lowest BCUT2D eigenvalue weighted by Crippen LogP contribution is -2.06. The van der Waals surface area contributed by atoms with Crippen molar-refractivity contribution in [1.29, 1.82) is 5.26 Å². The van der Waals surface area contributed by atoms with Crippen LogP contribution in [0.3, 0.4) is 0 Å². The van der Waals surface area contributed by atoms with E-state index in [1.54, 1.807) is 23.0 Å². The number of tetrazole rings is 1. The Morgan fingerprint density at radius 3 is 2.46 bits per heavy atom. The van der Waals surface area contributed by atoms with Crippen molar-refractivity contribution in [3.05, 3.63) is 74.6 Å². The molecule has 2 aromatic heterocycles. The third kappa shape index (κ3) is 3.29. The van der Waals surface area contributed by atoms with Gasteiger partial charge in [-0.3, -0.25) is 0 Å². The van der Waals surface area contributed by atoms with Crippen LogP contribution in [0.2, 0.25) is 0 Å². The Bertz CT molecular complexity index is 1160. The molecule has 2 aromatic carbocycles. The molecule has 2 heterocycles. The predicted molar refractivity (Wildman–Crippen MR) is 113 cm³/mol. The van der Waals surface area contributed by atoms with E-state index in [1.165, 1.54) is 0 Å². The summed E-state index contributed by atoms with van der Waals surface area (Å²) in [7, 11) is 0. The third-order valence-corrected chi connectivity index (χ3v) is 5.59. The van der Waals surface area contributed by atoms with E-state index in [0.29, 0.717) is 17.9 Å². The molecule has 4 rings (SSSR count). The van der Waals surface area contributed by atoms with E-state index in [-0.39, 0.29) is 0 Å². The normalized spacial score (nSPS) is 10.8. The van der Waals surface area contributed by atoms with Crippen LogP contribution in [0.4, 0.5) is 0 Å². The number of halogens is 1. The highest BCUT2D eigenvalue weighted by molar-refractivity contribution is 14.1. The van der Waals surface area contributed by atoms with Crippen molar-refractivity contribution in [2.75, 3.05) is 0 Å². The van der Waals surface area contributed by atoms with Crippen LogP contribution in [-0.2, 0) is 6.54 Å². The van der Waals surface area contributed by atoms with Gasteiger partial charge in [0.2, 0.25) is 0 Å². The molecule has 0 N–H and O–H groups in total. The van der Waals surface area contributed by atoms with E-state index in [4.69, 9.17) is 5.26 Å². The Morgan fingerprint density at radius 2 is 1.79 bits per heavy atom. The van der Waals surface area contributed by atoms with Crippen molar-refractivity contribution in [2.45, 2.75) is 20.4 Å². The molecule has 0 amide bonds. The van der Waals surface area contributed by atoms with Gasteiger partial charge in [-0.2, -0.15) is 10.4 Å². The van der Waals surface area contributed by atoms with E-state index in [9.17, 15) is 0 Å². The van der Waals surface area contributed by atoms with Crippen LogP contribution in [-0.4, -0.2) is 30.0 Å². The van der Waals surface area contributed by atoms with Gasteiger partial charge in [-0.05, 0) is 75.7 Å². The highest BCUT2D eigenvalue weighted by atomic mass is 127. The lowest BCUT2D eigenvalue weighted by Gasteiger charge is -2.11. The Balaban J connectivity index is 1.71. The summed E-state index contributed by atoms with van der Waals surface area (Å²) in [5, 5.41) is 25.8. The first kappa shape index (κ1) is 18.3. The van der Waals surface area contributed by atoms with Crippen LogP contribution in [0.15, 0.2) is 48.7 Å². The van der Waals surface area contributed by atoms with Gasteiger partial charge in [0.25, 0.3) is 0 Å². The number of rotatable bonds is 4. The minimum Gasteiger partial charge on any atom is -0.226 e. The van der Waals surface area contributed by atoms with Crippen molar-refractivity contribution in [3.63, 3.8) is 0 Å². The van der Waals surface area contributed by atoms with Gasteiger partial charge in [-0.1, -0.05) is 30.3 Å². The fraction of sp³-hybridized carbons (Fsp3) is 0.150. The minimum atomic E-state index is 0.513. The topological polar surface area (TPSA) is 85.2 Å². The van der Waals surface area contributed by atoms with Crippen LogP contribution >= 0.6 is 22.6 Å². The van der Waals surface area contributed by atoms with Crippen molar-refractivity contribution in [2.24, 2.45) is 0 Å². The molecular weight excluding hydrogens is 465 g/mol. The fourth-order valence-electron chi connectivity index (χ4n) is 3.14. The summed E-state index contributed by atoms with van der Waals surface area (Å²) in [6, 6.07) is 15.7. The maximum atomic E-state index is 8.95. The standard InChI is InChI=1S/C20H16IN7/c1-13-4-3-5-14(2)18(13)28-19(21)17(11-23-28)20-24-25-26-27(20)12-16-8-6-15(10-22)7-9-16/h3-9,11H,12H2,1-2H3. The minimum absolute atomic E-state index is 0.513. The zero-order valence-corrected chi connectivity index (χ0v) is 17.5. The zero-order chi connectivity index (χ0) is 19.7. The maximum absolute atomic E-state index is 8.95. The second-order valence-electron chi connectivity index (χ2n) is 6.47. The molecule has 0 atom stereocenters. The maximum Gasteiger partial charge on any atom is 0.186 e. The van der Waals surface area contributed by atoms with Crippen LogP contribution in [0.1, 0.15) is 22.3 Å². The molecule has 8 heteroatoms. The molecule has 138 valence electrons. The number of nitrogens with zero attached hydrogens (tertiary/aromatic N) is 7. The number of benzene rings is 2. The van der Waals surface area contributed by atoms with Gasteiger partial charge < -0.3 is 0 Å². The number of para-hydroxylation sites is 1. The molecule has 0 aliphatic heterocycles. The molecule has 7 nitrogen and oxygen atoms in total. The van der Waals surface area contributed by atoms with Crippen molar-refractivity contribution < 1.29 is 0 Å². The van der Waals surface area contributed by atoms with Crippen LogP contribution in [0, 0.1) is 28.9 Å². The van der Waals surface area contributed by atoms with Crippen LogP contribution in [0.5, 0.6) is 0 Å². The van der Waals surface area contributed by atoms with Gasteiger partial charge in [0.1, 0.15) is 3.70 Å². The van der Waals surface area contributed by atoms with E-state index >= 15 is 0 Å².